The summed E-state index contributed by atoms with van der Waals surface area (Å²) in [5, 5.41) is 1.05. The summed E-state index contributed by atoms with van der Waals surface area (Å²) in [5.41, 5.74) is 1.66. The van der Waals surface area contributed by atoms with Crippen molar-refractivity contribution in [3.05, 3.63) is 71.9 Å². The van der Waals surface area contributed by atoms with Crippen molar-refractivity contribution in [2.75, 3.05) is 13.1 Å². The molecule has 1 amide bonds. The van der Waals surface area contributed by atoms with E-state index >= 15 is 0 Å². The molecule has 31 heavy (non-hydrogen) atoms. The van der Waals surface area contributed by atoms with Crippen LogP contribution in [0.25, 0.3) is 10.9 Å². The monoisotopic (exact) mass is 418 g/mol. The summed E-state index contributed by atoms with van der Waals surface area (Å²) in [7, 11) is 2.00. The first kappa shape index (κ1) is 21.2. The molecule has 4 rings (SSSR count). The number of carbonyl (C=O) groups is 2. The topological polar surface area (TPSA) is 51.5 Å². The molecule has 5 heteroatoms. The number of amides is 1. The third kappa shape index (κ3) is 4.36. The van der Waals surface area contributed by atoms with Crippen LogP contribution in [0.3, 0.4) is 0 Å². The Kier molecular flexibility index (Phi) is 5.38. The Balaban J connectivity index is 1.67. The minimum atomic E-state index is -0.666. The predicted molar refractivity (Wildman–Crippen MR) is 122 cm³/mol. The molecule has 1 fully saturated rings. The van der Waals surface area contributed by atoms with Gasteiger partial charge in [-0.2, -0.15) is 0 Å². The summed E-state index contributed by atoms with van der Waals surface area (Å²) in [5.74, 6) is 0.0909. The van der Waals surface area contributed by atoms with E-state index in [1.165, 1.54) is 0 Å². The summed E-state index contributed by atoms with van der Waals surface area (Å²) in [6.07, 6.45) is 2.86. The molecule has 2 heterocycles. The molecule has 0 spiro atoms. The maximum absolute atomic E-state index is 13.9. The zero-order chi connectivity index (χ0) is 22.2. The number of Topliss-reactive ketones (excluding diaryl/α,β-unsaturated/α-hetero) is 1. The van der Waals surface area contributed by atoms with Crippen LogP contribution >= 0.6 is 0 Å². The number of nitrogens with zero attached hydrogens (tertiary/aromatic N) is 2. The lowest BCUT2D eigenvalue weighted by Gasteiger charge is -2.29. The van der Waals surface area contributed by atoms with E-state index in [1.54, 1.807) is 4.90 Å². The third-order valence-corrected chi connectivity index (χ3v) is 6.02. The molecular weight excluding hydrogens is 388 g/mol. The Morgan fingerprint density at radius 2 is 1.81 bits per heavy atom. The molecular formula is C26H30N2O3. The van der Waals surface area contributed by atoms with Crippen molar-refractivity contribution < 1.29 is 14.3 Å². The van der Waals surface area contributed by atoms with Gasteiger partial charge < -0.3 is 14.2 Å². The normalized spacial score (nSPS) is 19.0. The molecule has 162 valence electrons. The van der Waals surface area contributed by atoms with Crippen LogP contribution in [0.4, 0.5) is 4.79 Å². The Morgan fingerprint density at radius 1 is 1.06 bits per heavy atom. The van der Waals surface area contributed by atoms with E-state index in [2.05, 4.69) is 0 Å². The highest BCUT2D eigenvalue weighted by Crippen LogP contribution is 2.38. The molecule has 1 atom stereocenters. The standard InChI is InChI=1S/C26H30N2O3/c1-25(2,3)31-24(30)28-15-13-26(18-28,17-19-8-6-5-7-9-19)23(29)21-10-11-22-20(16-21)12-14-27(22)4/h5-12,14,16H,13,15,17-18H2,1-4H3. The smallest absolute Gasteiger partial charge is 0.410 e. The Hall–Kier alpha value is -3.08. The summed E-state index contributed by atoms with van der Waals surface area (Å²) < 4.78 is 7.63. The zero-order valence-corrected chi connectivity index (χ0v) is 18.7. The van der Waals surface area contributed by atoms with Gasteiger partial charge >= 0.3 is 6.09 Å². The van der Waals surface area contributed by atoms with Crippen LogP contribution in [-0.4, -0.2) is 40.0 Å². The summed E-state index contributed by atoms with van der Waals surface area (Å²) in [6.45, 7) is 6.46. The molecule has 0 saturated carbocycles. The van der Waals surface area contributed by atoms with Gasteiger partial charge in [0.05, 0.1) is 5.41 Å². The van der Waals surface area contributed by atoms with E-state index in [0.717, 1.165) is 16.5 Å². The number of carbonyl (C=O) groups excluding carboxylic acids is 2. The fourth-order valence-corrected chi connectivity index (χ4v) is 4.48. The van der Waals surface area contributed by atoms with Gasteiger partial charge in [0, 0.05) is 42.8 Å². The number of rotatable bonds is 4. The van der Waals surface area contributed by atoms with E-state index in [9.17, 15) is 9.59 Å². The summed E-state index contributed by atoms with van der Waals surface area (Å²) in [6, 6.07) is 18.0. The number of ketones is 1. The van der Waals surface area contributed by atoms with Gasteiger partial charge in [0.25, 0.3) is 0 Å². The van der Waals surface area contributed by atoms with Crippen LogP contribution in [0, 0.1) is 5.41 Å². The van der Waals surface area contributed by atoms with Crippen LogP contribution in [0.15, 0.2) is 60.8 Å². The molecule has 1 aromatic heterocycles. The number of aromatic nitrogens is 1. The molecule has 5 nitrogen and oxygen atoms in total. The van der Waals surface area contributed by atoms with Gasteiger partial charge in [0.1, 0.15) is 5.60 Å². The van der Waals surface area contributed by atoms with Gasteiger partial charge in [-0.1, -0.05) is 30.3 Å². The van der Waals surface area contributed by atoms with Crippen LogP contribution in [0.5, 0.6) is 0 Å². The number of hydrogen-bond acceptors (Lipinski definition) is 3. The van der Waals surface area contributed by atoms with Crippen molar-refractivity contribution in [1.82, 2.24) is 9.47 Å². The first-order chi connectivity index (χ1) is 14.7. The summed E-state index contributed by atoms with van der Waals surface area (Å²) >= 11 is 0. The number of hydrogen-bond donors (Lipinski definition) is 0. The highest BCUT2D eigenvalue weighted by atomic mass is 16.6. The Morgan fingerprint density at radius 3 is 2.52 bits per heavy atom. The fraction of sp³-hybridized carbons (Fsp3) is 0.385. The molecule has 2 aromatic carbocycles. The molecule has 3 aromatic rings. The lowest BCUT2D eigenvalue weighted by molar-refractivity contribution is 0.0274. The third-order valence-electron chi connectivity index (χ3n) is 6.02. The SMILES string of the molecule is Cn1ccc2cc(C(=O)C3(Cc4ccccc4)CCN(C(=O)OC(C)(C)C)C3)ccc21. The molecule has 1 unspecified atom stereocenters. The van der Waals surface area contributed by atoms with Gasteiger partial charge in [-0.05, 0) is 63.4 Å². The molecule has 1 aliphatic rings. The van der Waals surface area contributed by atoms with Gasteiger partial charge in [-0.25, -0.2) is 4.79 Å². The number of likely N-dealkylation sites (tertiary alicyclic amines) is 1. The second kappa shape index (κ2) is 7.88. The second-order valence-corrected chi connectivity index (χ2v) is 9.62. The largest absolute Gasteiger partial charge is 0.444 e. The average molecular weight is 419 g/mol. The molecule has 0 aliphatic carbocycles. The number of fused-ring (bicyclic) bond motifs is 1. The first-order valence-electron chi connectivity index (χ1n) is 10.8. The zero-order valence-electron chi connectivity index (χ0n) is 18.7. The number of aryl methyl sites for hydroxylation is 1. The van der Waals surface area contributed by atoms with E-state index in [4.69, 9.17) is 4.74 Å². The van der Waals surface area contributed by atoms with Crippen molar-refractivity contribution in [2.45, 2.75) is 39.2 Å². The van der Waals surface area contributed by atoms with Crippen molar-refractivity contribution in [3.8, 4) is 0 Å². The maximum Gasteiger partial charge on any atom is 0.410 e. The molecule has 1 aliphatic heterocycles. The van der Waals surface area contributed by atoms with E-state index in [1.807, 2.05) is 93.2 Å². The summed E-state index contributed by atoms with van der Waals surface area (Å²) in [4.78, 5) is 28.3. The number of benzene rings is 2. The van der Waals surface area contributed by atoms with Crippen LogP contribution < -0.4 is 0 Å². The van der Waals surface area contributed by atoms with Gasteiger partial charge in [-0.15, -0.1) is 0 Å². The average Bonchev–Trinajstić information content (AvgIpc) is 3.32. The van der Waals surface area contributed by atoms with Crippen LogP contribution in [0.2, 0.25) is 0 Å². The lowest BCUT2D eigenvalue weighted by atomic mass is 9.74. The van der Waals surface area contributed by atoms with Gasteiger partial charge in [0.2, 0.25) is 0 Å². The van der Waals surface area contributed by atoms with Crippen molar-refractivity contribution in [2.24, 2.45) is 12.5 Å². The Labute approximate surface area is 183 Å². The molecule has 1 saturated heterocycles. The molecule has 0 bridgehead atoms. The number of ether oxygens (including phenoxy) is 1. The molecule has 0 radical (unpaired) electrons. The van der Waals surface area contributed by atoms with Crippen LogP contribution in [0.1, 0.15) is 43.1 Å². The predicted octanol–water partition coefficient (Wildman–Crippen LogP) is 5.23. The highest BCUT2D eigenvalue weighted by Gasteiger charge is 2.47. The lowest BCUT2D eigenvalue weighted by Crippen LogP contribution is -2.40. The minimum Gasteiger partial charge on any atom is -0.444 e. The quantitative estimate of drug-likeness (QED) is 0.545. The van der Waals surface area contributed by atoms with E-state index in [0.29, 0.717) is 31.5 Å². The van der Waals surface area contributed by atoms with Crippen molar-refractivity contribution in [3.63, 3.8) is 0 Å². The Bertz CT molecular complexity index is 1110. The molecule has 0 N–H and O–H groups in total. The highest BCUT2D eigenvalue weighted by molar-refractivity contribution is 6.04. The van der Waals surface area contributed by atoms with Gasteiger partial charge in [-0.3, -0.25) is 4.79 Å². The van der Waals surface area contributed by atoms with E-state index < -0.39 is 11.0 Å². The first-order valence-corrected chi connectivity index (χ1v) is 10.8. The van der Waals surface area contributed by atoms with Crippen molar-refractivity contribution >= 4 is 22.8 Å². The van der Waals surface area contributed by atoms with Gasteiger partial charge in [0.15, 0.2) is 5.78 Å². The van der Waals surface area contributed by atoms with Crippen molar-refractivity contribution in [1.29, 1.82) is 0 Å². The second-order valence-electron chi connectivity index (χ2n) is 9.62. The maximum atomic E-state index is 13.9. The fourth-order valence-electron chi connectivity index (χ4n) is 4.48. The van der Waals surface area contributed by atoms with E-state index in [-0.39, 0.29) is 11.9 Å². The minimum absolute atomic E-state index is 0.0909. The van der Waals surface area contributed by atoms with Crippen LogP contribution in [-0.2, 0) is 18.2 Å².